The summed E-state index contributed by atoms with van der Waals surface area (Å²) in [5.74, 6) is -1.80. The molecule has 0 heterocycles. The first-order valence-electron chi connectivity index (χ1n) is 5.07. The van der Waals surface area contributed by atoms with E-state index in [9.17, 15) is 22.4 Å². The normalized spacial score (nSPS) is 10.9. The fraction of sp³-hybridized carbons (Fsp3) is 0.364. The van der Waals surface area contributed by atoms with Gasteiger partial charge in [0, 0.05) is 11.8 Å². The standard InChI is InChI=1S/C11H9BrF4O3/c12-5-4-7(17)6-2-1-3-8(18-10(13)14)9(6)19-11(15)16/h1-3,10-11H,4-5H2. The number of carbonyl (C=O) groups is 1. The SMILES string of the molecule is O=C(CCBr)c1cccc(OC(F)F)c1OC(F)F. The lowest BCUT2D eigenvalue weighted by atomic mass is 10.1. The van der Waals surface area contributed by atoms with Crippen molar-refractivity contribution in [2.24, 2.45) is 0 Å². The molecule has 1 aromatic rings. The molecule has 19 heavy (non-hydrogen) atoms. The number of hydrogen-bond acceptors (Lipinski definition) is 3. The number of Topliss-reactive ketones (excluding diaryl/α,β-unsaturated/α-hetero) is 1. The minimum absolute atomic E-state index is 0.0116. The van der Waals surface area contributed by atoms with Crippen molar-refractivity contribution in [2.45, 2.75) is 19.6 Å². The van der Waals surface area contributed by atoms with Gasteiger partial charge in [-0.1, -0.05) is 22.0 Å². The van der Waals surface area contributed by atoms with Crippen molar-refractivity contribution in [3.05, 3.63) is 23.8 Å². The number of para-hydroxylation sites is 1. The summed E-state index contributed by atoms with van der Waals surface area (Å²) in [5, 5.41) is 0.305. The second kappa shape index (κ2) is 7.32. The van der Waals surface area contributed by atoms with Gasteiger partial charge in [-0.15, -0.1) is 0 Å². The molecule has 8 heteroatoms. The Bertz CT molecular complexity index is 440. The van der Waals surface area contributed by atoms with E-state index >= 15 is 0 Å². The summed E-state index contributed by atoms with van der Waals surface area (Å²) in [6.45, 7) is -6.46. The molecule has 3 nitrogen and oxygen atoms in total. The number of benzene rings is 1. The molecule has 0 spiro atoms. The molecule has 0 aliphatic heterocycles. The van der Waals surface area contributed by atoms with Gasteiger partial charge in [-0.25, -0.2) is 0 Å². The van der Waals surface area contributed by atoms with Crippen LogP contribution in [0.25, 0.3) is 0 Å². The molecule has 0 aliphatic rings. The Morgan fingerprint density at radius 3 is 2.32 bits per heavy atom. The molecule has 0 radical (unpaired) electrons. The quantitative estimate of drug-likeness (QED) is 0.428. The van der Waals surface area contributed by atoms with E-state index < -0.39 is 30.5 Å². The first-order chi connectivity index (χ1) is 8.95. The van der Waals surface area contributed by atoms with Gasteiger partial charge in [0.15, 0.2) is 17.3 Å². The molecular weight excluding hydrogens is 336 g/mol. The van der Waals surface area contributed by atoms with Crippen molar-refractivity contribution in [3.63, 3.8) is 0 Å². The third-order valence-electron chi connectivity index (χ3n) is 2.02. The molecule has 0 N–H and O–H groups in total. The maximum absolute atomic E-state index is 12.3. The van der Waals surface area contributed by atoms with E-state index in [1.54, 1.807) is 0 Å². The highest BCUT2D eigenvalue weighted by molar-refractivity contribution is 9.09. The number of ketones is 1. The van der Waals surface area contributed by atoms with E-state index in [1.165, 1.54) is 12.1 Å². The highest BCUT2D eigenvalue weighted by Crippen LogP contribution is 2.34. The highest BCUT2D eigenvalue weighted by Gasteiger charge is 2.21. The van der Waals surface area contributed by atoms with Crippen molar-refractivity contribution in [1.29, 1.82) is 0 Å². The second-order valence-electron chi connectivity index (χ2n) is 3.25. The van der Waals surface area contributed by atoms with Gasteiger partial charge in [-0.3, -0.25) is 4.79 Å². The lowest BCUT2D eigenvalue weighted by Crippen LogP contribution is -2.12. The first-order valence-corrected chi connectivity index (χ1v) is 6.19. The number of ether oxygens (including phenoxy) is 2. The van der Waals surface area contributed by atoms with Crippen LogP contribution in [0.1, 0.15) is 16.8 Å². The summed E-state index contributed by atoms with van der Waals surface area (Å²) in [6.07, 6.45) is 0.0116. The molecule has 106 valence electrons. The Kier molecular flexibility index (Phi) is 6.07. The average Bonchev–Trinajstić information content (AvgIpc) is 2.30. The van der Waals surface area contributed by atoms with Gasteiger partial charge in [0.1, 0.15) is 0 Å². The maximum atomic E-state index is 12.3. The van der Waals surface area contributed by atoms with Crippen LogP contribution in [-0.4, -0.2) is 24.3 Å². The van der Waals surface area contributed by atoms with Crippen LogP contribution in [0.3, 0.4) is 0 Å². The molecule has 0 aliphatic carbocycles. The van der Waals surface area contributed by atoms with E-state index in [2.05, 4.69) is 25.4 Å². The summed E-state index contributed by atoms with van der Waals surface area (Å²) < 4.78 is 57.1. The average molecular weight is 345 g/mol. The molecule has 0 bridgehead atoms. The van der Waals surface area contributed by atoms with Crippen molar-refractivity contribution in [2.75, 3.05) is 5.33 Å². The molecule has 1 rings (SSSR count). The minimum atomic E-state index is -3.25. The topological polar surface area (TPSA) is 35.5 Å². The van der Waals surface area contributed by atoms with Gasteiger partial charge < -0.3 is 9.47 Å². The molecule has 0 fully saturated rings. The van der Waals surface area contributed by atoms with Gasteiger partial charge in [0.2, 0.25) is 0 Å². The third-order valence-corrected chi connectivity index (χ3v) is 2.42. The number of alkyl halides is 5. The molecule has 0 amide bonds. The number of halogens is 5. The van der Waals surface area contributed by atoms with Gasteiger partial charge in [-0.05, 0) is 12.1 Å². The van der Waals surface area contributed by atoms with Crippen LogP contribution in [-0.2, 0) is 0 Å². The summed E-state index contributed by atoms with van der Waals surface area (Å²) in [6, 6.07) is 3.48. The minimum Gasteiger partial charge on any atom is -0.431 e. The van der Waals surface area contributed by atoms with Crippen LogP contribution in [0.15, 0.2) is 18.2 Å². The largest absolute Gasteiger partial charge is 0.431 e. The lowest BCUT2D eigenvalue weighted by molar-refractivity contribution is -0.0694. The number of carbonyl (C=O) groups excluding carboxylic acids is 1. The molecule has 0 aromatic heterocycles. The summed E-state index contributed by atoms with van der Waals surface area (Å²) >= 11 is 3.02. The smallest absolute Gasteiger partial charge is 0.387 e. The van der Waals surface area contributed by atoms with Crippen LogP contribution >= 0.6 is 15.9 Å². The summed E-state index contributed by atoms with van der Waals surface area (Å²) in [4.78, 5) is 11.7. The fourth-order valence-corrected chi connectivity index (χ4v) is 1.72. The Labute approximate surface area is 114 Å². The van der Waals surface area contributed by atoms with Crippen molar-refractivity contribution in [3.8, 4) is 11.5 Å². The van der Waals surface area contributed by atoms with Gasteiger partial charge in [-0.2, -0.15) is 17.6 Å². The van der Waals surface area contributed by atoms with E-state index in [4.69, 9.17) is 0 Å². The predicted octanol–water partition coefficient (Wildman–Crippen LogP) is 3.86. The van der Waals surface area contributed by atoms with Crippen molar-refractivity contribution >= 4 is 21.7 Å². The van der Waals surface area contributed by atoms with Crippen LogP contribution in [0.4, 0.5) is 17.6 Å². The zero-order valence-corrected chi connectivity index (χ0v) is 11.0. The van der Waals surface area contributed by atoms with Gasteiger partial charge >= 0.3 is 13.2 Å². The fourth-order valence-electron chi connectivity index (χ4n) is 1.36. The van der Waals surface area contributed by atoms with Gasteiger partial charge in [0.05, 0.1) is 5.56 Å². The van der Waals surface area contributed by atoms with E-state index in [-0.39, 0.29) is 12.0 Å². The van der Waals surface area contributed by atoms with Crippen molar-refractivity contribution in [1.82, 2.24) is 0 Å². The second-order valence-corrected chi connectivity index (χ2v) is 4.04. The Balaban J connectivity index is 3.17. The maximum Gasteiger partial charge on any atom is 0.387 e. The number of rotatable bonds is 7. The molecule has 0 unspecified atom stereocenters. The molecule has 0 atom stereocenters. The van der Waals surface area contributed by atoms with Gasteiger partial charge in [0.25, 0.3) is 0 Å². The molecular formula is C11H9BrF4O3. The number of hydrogen-bond donors (Lipinski definition) is 0. The van der Waals surface area contributed by atoms with Crippen LogP contribution in [0.2, 0.25) is 0 Å². The highest BCUT2D eigenvalue weighted by atomic mass is 79.9. The molecule has 1 aromatic carbocycles. The summed E-state index contributed by atoms with van der Waals surface area (Å²) in [5.41, 5.74) is -0.224. The predicted molar refractivity (Wildman–Crippen MR) is 62.4 cm³/mol. The van der Waals surface area contributed by atoms with Crippen LogP contribution in [0, 0.1) is 0 Å². The summed E-state index contributed by atoms with van der Waals surface area (Å²) in [7, 11) is 0. The lowest BCUT2D eigenvalue weighted by Gasteiger charge is -2.14. The molecule has 0 saturated heterocycles. The van der Waals surface area contributed by atoms with E-state index in [0.717, 1.165) is 6.07 Å². The zero-order valence-electron chi connectivity index (χ0n) is 9.42. The Morgan fingerprint density at radius 2 is 1.79 bits per heavy atom. The van der Waals surface area contributed by atoms with Crippen LogP contribution < -0.4 is 9.47 Å². The monoisotopic (exact) mass is 344 g/mol. The Hall–Kier alpha value is -1.31. The van der Waals surface area contributed by atoms with Crippen LogP contribution in [0.5, 0.6) is 11.5 Å². The zero-order chi connectivity index (χ0) is 14.4. The first kappa shape index (κ1) is 15.7. The van der Waals surface area contributed by atoms with E-state index in [1.807, 2.05) is 0 Å². The Morgan fingerprint density at radius 1 is 1.16 bits per heavy atom. The van der Waals surface area contributed by atoms with E-state index in [0.29, 0.717) is 5.33 Å². The van der Waals surface area contributed by atoms with Crippen molar-refractivity contribution < 1.29 is 31.8 Å². The molecule has 0 saturated carbocycles. The third kappa shape index (κ3) is 4.70.